The van der Waals surface area contributed by atoms with Crippen molar-refractivity contribution in [3.8, 4) is 5.75 Å². The molecule has 0 aliphatic heterocycles. The molecular weight excluding hydrogens is 156 g/mol. The van der Waals surface area contributed by atoms with Crippen LogP contribution < -0.4 is 0 Å². The van der Waals surface area contributed by atoms with E-state index in [1.165, 1.54) is 0 Å². The smallest absolute Gasteiger partial charge is 0.146 e. The van der Waals surface area contributed by atoms with Gasteiger partial charge in [-0.25, -0.2) is 0 Å². The van der Waals surface area contributed by atoms with Crippen molar-refractivity contribution in [2.75, 3.05) is 13.9 Å². The van der Waals surface area contributed by atoms with Crippen LogP contribution in [0.25, 0.3) is 0 Å². The first-order valence-electron chi connectivity index (χ1n) is 3.67. The molecule has 0 aliphatic rings. The molecule has 0 unspecified atom stereocenters. The average Bonchev–Trinajstić information content (AvgIpc) is 2.05. The van der Waals surface area contributed by atoms with Crippen molar-refractivity contribution >= 4 is 0 Å². The summed E-state index contributed by atoms with van der Waals surface area (Å²) in [6.45, 7) is 0.734. The van der Waals surface area contributed by atoms with E-state index in [0.717, 1.165) is 5.56 Å². The third-order valence-corrected chi connectivity index (χ3v) is 1.38. The Balaban J connectivity index is 2.41. The number of ether oxygens (including phenoxy) is 2. The molecule has 3 heteroatoms. The summed E-state index contributed by atoms with van der Waals surface area (Å²) in [4.78, 5) is 0. The van der Waals surface area contributed by atoms with Crippen molar-refractivity contribution in [1.29, 1.82) is 0 Å². The van der Waals surface area contributed by atoms with Gasteiger partial charge in [-0.05, 0) is 17.7 Å². The molecule has 1 aromatic rings. The van der Waals surface area contributed by atoms with Gasteiger partial charge in [0.25, 0.3) is 0 Å². The van der Waals surface area contributed by atoms with E-state index in [1.54, 1.807) is 25.3 Å². The molecular formula is C9H12O3. The van der Waals surface area contributed by atoms with Crippen molar-refractivity contribution in [3.05, 3.63) is 29.8 Å². The lowest BCUT2D eigenvalue weighted by Crippen LogP contribution is -1.96. The van der Waals surface area contributed by atoms with Crippen LogP contribution in [0.15, 0.2) is 24.3 Å². The lowest BCUT2D eigenvalue weighted by Gasteiger charge is -2.02. The highest BCUT2D eigenvalue weighted by molar-refractivity contribution is 5.26. The summed E-state index contributed by atoms with van der Waals surface area (Å²) >= 11 is 0. The predicted molar refractivity (Wildman–Crippen MR) is 44.8 cm³/mol. The molecule has 0 amide bonds. The normalized spacial score (nSPS) is 10.1. The molecule has 1 rings (SSSR count). The SMILES string of the molecule is COCOCc1cccc(O)c1. The maximum atomic E-state index is 9.08. The molecule has 1 aromatic carbocycles. The Morgan fingerprint density at radius 2 is 2.25 bits per heavy atom. The van der Waals surface area contributed by atoms with Gasteiger partial charge in [-0.2, -0.15) is 0 Å². The fraction of sp³-hybridized carbons (Fsp3) is 0.333. The lowest BCUT2D eigenvalue weighted by molar-refractivity contribution is -0.0391. The van der Waals surface area contributed by atoms with Gasteiger partial charge < -0.3 is 14.6 Å². The minimum absolute atomic E-state index is 0.258. The largest absolute Gasteiger partial charge is 0.508 e. The third-order valence-electron chi connectivity index (χ3n) is 1.38. The van der Waals surface area contributed by atoms with Crippen LogP contribution in [0.1, 0.15) is 5.56 Å². The summed E-state index contributed by atoms with van der Waals surface area (Å²) < 4.78 is 9.80. The Kier molecular flexibility index (Phi) is 3.57. The van der Waals surface area contributed by atoms with Crippen LogP contribution in [-0.2, 0) is 16.1 Å². The second-order valence-corrected chi connectivity index (χ2v) is 2.42. The first-order chi connectivity index (χ1) is 5.83. The van der Waals surface area contributed by atoms with Crippen LogP contribution in [0.2, 0.25) is 0 Å². The highest BCUT2D eigenvalue weighted by Crippen LogP contribution is 2.11. The molecule has 0 radical (unpaired) electrons. The first kappa shape index (κ1) is 9.03. The average molecular weight is 168 g/mol. The van der Waals surface area contributed by atoms with Crippen LogP contribution in [0.5, 0.6) is 5.75 Å². The minimum atomic E-state index is 0.258. The fourth-order valence-corrected chi connectivity index (χ4v) is 0.889. The standard InChI is InChI=1S/C9H12O3/c1-11-7-12-6-8-3-2-4-9(10)5-8/h2-5,10H,6-7H2,1H3. The van der Waals surface area contributed by atoms with Crippen molar-refractivity contribution in [1.82, 2.24) is 0 Å². The van der Waals surface area contributed by atoms with E-state index < -0.39 is 0 Å². The summed E-state index contributed by atoms with van der Waals surface area (Å²) in [6.07, 6.45) is 0. The predicted octanol–water partition coefficient (Wildman–Crippen LogP) is 1.51. The molecule has 0 bridgehead atoms. The molecule has 0 fully saturated rings. The number of aromatic hydroxyl groups is 1. The number of hydrogen-bond acceptors (Lipinski definition) is 3. The molecule has 0 saturated heterocycles. The van der Waals surface area contributed by atoms with E-state index >= 15 is 0 Å². The van der Waals surface area contributed by atoms with E-state index in [9.17, 15) is 0 Å². The van der Waals surface area contributed by atoms with Gasteiger partial charge in [-0.1, -0.05) is 12.1 Å². The van der Waals surface area contributed by atoms with Gasteiger partial charge in [0.2, 0.25) is 0 Å². The Morgan fingerprint density at radius 1 is 1.42 bits per heavy atom. The minimum Gasteiger partial charge on any atom is -0.508 e. The van der Waals surface area contributed by atoms with Crippen molar-refractivity contribution in [2.24, 2.45) is 0 Å². The van der Waals surface area contributed by atoms with E-state index in [0.29, 0.717) is 6.61 Å². The summed E-state index contributed by atoms with van der Waals surface area (Å²) in [6, 6.07) is 6.95. The lowest BCUT2D eigenvalue weighted by atomic mass is 10.2. The van der Waals surface area contributed by atoms with E-state index in [2.05, 4.69) is 0 Å². The van der Waals surface area contributed by atoms with E-state index in [1.807, 2.05) is 6.07 Å². The van der Waals surface area contributed by atoms with Crippen molar-refractivity contribution in [3.63, 3.8) is 0 Å². The number of hydrogen-bond donors (Lipinski definition) is 1. The van der Waals surface area contributed by atoms with Gasteiger partial charge in [0.15, 0.2) is 0 Å². The Morgan fingerprint density at radius 3 is 2.92 bits per heavy atom. The molecule has 0 aromatic heterocycles. The van der Waals surface area contributed by atoms with Crippen molar-refractivity contribution in [2.45, 2.75) is 6.61 Å². The van der Waals surface area contributed by atoms with Crippen LogP contribution in [0.4, 0.5) is 0 Å². The Labute approximate surface area is 71.5 Å². The van der Waals surface area contributed by atoms with Crippen LogP contribution in [0.3, 0.4) is 0 Å². The molecule has 0 atom stereocenters. The summed E-state index contributed by atoms with van der Waals surface area (Å²) in [5.41, 5.74) is 0.937. The molecule has 66 valence electrons. The van der Waals surface area contributed by atoms with Gasteiger partial charge in [-0.3, -0.25) is 0 Å². The number of benzene rings is 1. The maximum absolute atomic E-state index is 9.08. The second kappa shape index (κ2) is 4.74. The highest BCUT2D eigenvalue weighted by Gasteiger charge is 1.93. The zero-order valence-electron chi connectivity index (χ0n) is 6.99. The molecule has 0 heterocycles. The molecule has 0 saturated carbocycles. The quantitative estimate of drug-likeness (QED) is 0.547. The summed E-state index contributed by atoms with van der Waals surface area (Å²) in [7, 11) is 1.57. The van der Waals surface area contributed by atoms with Crippen LogP contribution in [-0.4, -0.2) is 19.0 Å². The van der Waals surface area contributed by atoms with E-state index in [4.69, 9.17) is 14.6 Å². The number of methoxy groups -OCH3 is 1. The van der Waals surface area contributed by atoms with Gasteiger partial charge in [0, 0.05) is 7.11 Å². The van der Waals surface area contributed by atoms with Crippen LogP contribution >= 0.6 is 0 Å². The number of phenolic OH excluding ortho intramolecular Hbond substituents is 1. The zero-order valence-corrected chi connectivity index (χ0v) is 6.99. The zero-order chi connectivity index (χ0) is 8.81. The molecule has 12 heavy (non-hydrogen) atoms. The number of rotatable bonds is 4. The van der Waals surface area contributed by atoms with Gasteiger partial charge in [0.05, 0.1) is 6.61 Å². The molecule has 1 N–H and O–H groups in total. The third kappa shape index (κ3) is 2.90. The monoisotopic (exact) mass is 168 g/mol. The number of phenols is 1. The molecule has 0 spiro atoms. The Bertz CT molecular complexity index is 235. The fourth-order valence-electron chi connectivity index (χ4n) is 0.889. The topological polar surface area (TPSA) is 38.7 Å². The van der Waals surface area contributed by atoms with Crippen LogP contribution in [0, 0.1) is 0 Å². The summed E-state index contributed by atoms with van der Waals surface area (Å²) in [5.74, 6) is 0.258. The molecule has 3 nitrogen and oxygen atoms in total. The molecule has 0 aliphatic carbocycles. The van der Waals surface area contributed by atoms with Gasteiger partial charge in [-0.15, -0.1) is 0 Å². The second-order valence-electron chi connectivity index (χ2n) is 2.42. The van der Waals surface area contributed by atoms with Crippen molar-refractivity contribution < 1.29 is 14.6 Å². The van der Waals surface area contributed by atoms with Gasteiger partial charge in [0.1, 0.15) is 12.5 Å². The first-order valence-corrected chi connectivity index (χ1v) is 3.67. The highest BCUT2D eigenvalue weighted by atomic mass is 16.7. The van der Waals surface area contributed by atoms with E-state index in [-0.39, 0.29) is 12.5 Å². The maximum Gasteiger partial charge on any atom is 0.146 e. The Hall–Kier alpha value is -1.06. The summed E-state index contributed by atoms with van der Waals surface area (Å²) in [5, 5.41) is 9.08. The van der Waals surface area contributed by atoms with Gasteiger partial charge >= 0.3 is 0 Å².